The molecular weight excluding hydrogens is 346 g/mol. The zero-order chi connectivity index (χ0) is 19.1. The maximum absolute atomic E-state index is 12.5. The minimum atomic E-state index is -0.673. The van der Waals surface area contributed by atoms with Crippen LogP contribution in [0.5, 0.6) is 0 Å². The third-order valence-corrected chi connectivity index (χ3v) is 4.45. The fourth-order valence-electron chi connectivity index (χ4n) is 3.00. The van der Waals surface area contributed by atoms with E-state index in [2.05, 4.69) is 5.32 Å². The van der Waals surface area contributed by atoms with Gasteiger partial charge in [0.05, 0.1) is 5.56 Å². The summed E-state index contributed by atoms with van der Waals surface area (Å²) in [5.41, 5.74) is 1.50. The van der Waals surface area contributed by atoms with Crippen molar-refractivity contribution in [3.63, 3.8) is 0 Å². The van der Waals surface area contributed by atoms with Crippen molar-refractivity contribution in [3.05, 3.63) is 74.9 Å². The van der Waals surface area contributed by atoms with Gasteiger partial charge in [-0.3, -0.25) is 4.79 Å². The lowest BCUT2D eigenvalue weighted by Crippen LogP contribution is -2.11. The highest BCUT2D eigenvalue weighted by atomic mass is 16.4. The molecule has 0 atom stereocenters. The molecule has 0 bridgehead atoms. The molecular formula is C21H15NO5. The Kier molecular flexibility index (Phi) is 3.88. The van der Waals surface area contributed by atoms with Crippen LogP contribution in [-0.2, 0) is 0 Å². The summed E-state index contributed by atoms with van der Waals surface area (Å²) in [5, 5.41) is 4.34. The lowest BCUT2D eigenvalue weighted by atomic mass is 10.0. The quantitative estimate of drug-likeness (QED) is 0.441. The lowest BCUT2D eigenvalue weighted by molar-refractivity contribution is 0.101. The van der Waals surface area contributed by atoms with E-state index in [0.29, 0.717) is 27.7 Å². The number of Topliss-reactive ketones (excluding diaryl/α,β-unsaturated/α-hetero) is 1. The van der Waals surface area contributed by atoms with Crippen molar-refractivity contribution < 1.29 is 13.6 Å². The second-order valence-electron chi connectivity index (χ2n) is 6.21. The van der Waals surface area contributed by atoms with Gasteiger partial charge in [-0.2, -0.15) is 0 Å². The van der Waals surface area contributed by atoms with Crippen molar-refractivity contribution in [3.8, 4) is 11.1 Å². The lowest BCUT2D eigenvalue weighted by Gasteiger charge is -2.06. The molecule has 4 aromatic rings. The molecule has 2 aromatic heterocycles. The summed E-state index contributed by atoms with van der Waals surface area (Å²) < 4.78 is 10.6. The zero-order valence-electron chi connectivity index (χ0n) is 14.7. The van der Waals surface area contributed by atoms with E-state index in [1.807, 2.05) is 12.1 Å². The number of fused-ring (bicyclic) bond motifs is 2. The van der Waals surface area contributed by atoms with Gasteiger partial charge in [0.25, 0.3) is 0 Å². The van der Waals surface area contributed by atoms with Crippen LogP contribution in [0.15, 0.2) is 67.0 Å². The number of carbonyl (C=O) groups excluding carboxylic acids is 1. The Bertz CT molecular complexity index is 1330. The summed E-state index contributed by atoms with van der Waals surface area (Å²) >= 11 is 0. The fourth-order valence-corrected chi connectivity index (χ4v) is 3.00. The Labute approximate surface area is 153 Å². The van der Waals surface area contributed by atoms with Gasteiger partial charge >= 0.3 is 11.3 Å². The molecule has 6 heteroatoms. The number of hydrogen-bond acceptors (Lipinski definition) is 6. The third kappa shape index (κ3) is 2.91. The number of nitrogens with one attached hydrogen (secondary N) is 1. The molecule has 4 rings (SSSR count). The van der Waals surface area contributed by atoms with Crippen molar-refractivity contribution in [1.82, 2.24) is 0 Å². The van der Waals surface area contributed by atoms with Crippen LogP contribution in [0.25, 0.3) is 33.1 Å². The molecule has 0 radical (unpaired) electrons. The number of anilines is 1. The van der Waals surface area contributed by atoms with Crippen molar-refractivity contribution in [2.24, 2.45) is 0 Å². The molecule has 134 valence electrons. The fraction of sp³-hybridized carbons (Fsp3) is 0.0952. The minimum Gasteiger partial charge on any atom is -0.422 e. The average molecular weight is 361 g/mol. The standard InChI is InChI=1S/C21H15NO5/c1-11(23)16-9-14-7-12(4-6-18(14)26-20(16)24)17-8-13-3-5-15(22-2)10-19(13)27-21(17)25/h3-10,22H,1-2H3. The first-order valence-corrected chi connectivity index (χ1v) is 8.31. The minimum absolute atomic E-state index is 0.0233. The van der Waals surface area contributed by atoms with Crippen LogP contribution in [-0.4, -0.2) is 12.8 Å². The monoisotopic (exact) mass is 361 g/mol. The Morgan fingerprint density at radius 2 is 1.63 bits per heavy atom. The number of hydrogen-bond donors (Lipinski definition) is 1. The van der Waals surface area contributed by atoms with Crippen molar-refractivity contribution in [2.45, 2.75) is 6.92 Å². The summed E-state index contributed by atoms with van der Waals surface area (Å²) in [6.45, 7) is 1.30. The van der Waals surface area contributed by atoms with Crippen molar-refractivity contribution in [2.75, 3.05) is 12.4 Å². The first-order valence-electron chi connectivity index (χ1n) is 8.31. The van der Waals surface area contributed by atoms with Crippen LogP contribution in [0.4, 0.5) is 5.69 Å². The molecule has 2 aromatic carbocycles. The summed E-state index contributed by atoms with van der Waals surface area (Å²) in [6, 6.07) is 13.7. The van der Waals surface area contributed by atoms with Gasteiger partial charge in [-0.1, -0.05) is 6.07 Å². The van der Waals surface area contributed by atoms with Gasteiger partial charge in [-0.05, 0) is 48.9 Å². The largest absolute Gasteiger partial charge is 0.422 e. The summed E-state index contributed by atoms with van der Waals surface area (Å²) in [6.07, 6.45) is 0. The second-order valence-corrected chi connectivity index (χ2v) is 6.21. The van der Waals surface area contributed by atoms with Gasteiger partial charge in [0, 0.05) is 29.6 Å². The van der Waals surface area contributed by atoms with Gasteiger partial charge in [0.2, 0.25) is 0 Å². The molecule has 6 nitrogen and oxygen atoms in total. The van der Waals surface area contributed by atoms with Gasteiger partial charge in [-0.25, -0.2) is 9.59 Å². The molecule has 0 amide bonds. The van der Waals surface area contributed by atoms with Crippen LogP contribution >= 0.6 is 0 Å². The van der Waals surface area contributed by atoms with Gasteiger partial charge in [0.15, 0.2) is 5.78 Å². The molecule has 0 saturated carbocycles. The molecule has 0 aliphatic heterocycles. The van der Waals surface area contributed by atoms with E-state index in [0.717, 1.165) is 11.1 Å². The Hall–Kier alpha value is -3.67. The first-order chi connectivity index (χ1) is 13.0. The van der Waals surface area contributed by atoms with Crippen LogP contribution < -0.4 is 16.6 Å². The zero-order valence-corrected chi connectivity index (χ0v) is 14.7. The number of ketones is 1. The van der Waals surface area contributed by atoms with Crippen molar-refractivity contribution >= 4 is 33.4 Å². The van der Waals surface area contributed by atoms with Crippen LogP contribution in [0.1, 0.15) is 17.3 Å². The Balaban J connectivity index is 1.92. The summed E-state index contributed by atoms with van der Waals surface area (Å²) in [5.74, 6) is -0.374. The molecule has 2 heterocycles. The smallest absolute Gasteiger partial charge is 0.347 e. The topological polar surface area (TPSA) is 89.5 Å². The summed E-state index contributed by atoms with van der Waals surface area (Å²) in [7, 11) is 1.79. The maximum Gasteiger partial charge on any atom is 0.347 e. The first kappa shape index (κ1) is 16.8. The normalized spacial score (nSPS) is 11.0. The Morgan fingerprint density at radius 1 is 0.852 bits per heavy atom. The number of carbonyl (C=O) groups is 1. The molecule has 27 heavy (non-hydrogen) atoms. The average Bonchev–Trinajstić information content (AvgIpc) is 2.66. The highest BCUT2D eigenvalue weighted by Gasteiger charge is 2.13. The van der Waals surface area contributed by atoms with E-state index < -0.39 is 11.3 Å². The van der Waals surface area contributed by atoms with E-state index in [4.69, 9.17) is 8.83 Å². The third-order valence-electron chi connectivity index (χ3n) is 4.45. The highest BCUT2D eigenvalue weighted by molar-refractivity contribution is 5.97. The predicted molar refractivity (Wildman–Crippen MR) is 104 cm³/mol. The second kappa shape index (κ2) is 6.25. The molecule has 0 unspecified atom stereocenters. The van der Waals surface area contributed by atoms with E-state index >= 15 is 0 Å². The van der Waals surface area contributed by atoms with Crippen LogP contribution in [0.2, 0.25) is 0 Å². The number of benzene rings is 2. The number of rotatable bonds is 3. The molecule has 1 N–H and O–H groups in total. The molecule has 0 spiro atoms. The van der Waals surface area contributed by atoms with E-state index in [-0.39, 0.29) is 11.3 Å². The molecule has 0 fully saturated rings. The van der Waals surface area contributed by atoms with Gasteiger partial charge in [0.1, 0.15) is 16.7 Å². The maximum atomic E-state index is 12.5. The van der Waals surface area contributed by atoms with Gasteiger partial charge < -0.3 is 14.2 Å². The highest BCUT2D eigenvalue weighted by Crippen LogP contribution is 2.26. The van der Waals surface area contributed by atoms with Crippen LogP contribution in [0, 0.1) is 0 Å². The van der Waals surface area contributed by atoms with Crippen LogP contribution in [0.3, 0.4) is 0 Å². The molecule has 0 aliphatic rings. The van der Waals surface area contributed by atoms with E-state index in [1.165, 1.54) is 13.0 Å². The molecule has 0 saturated heterocycles. The van der Waals surface area contributed by atoms with Crippen molar-refractivity contribution in [1.29, 1.82) is 0 Å². The predicted octanol–water partition coefficient (Wildman–Crippen LogP) is 3.81. The van der Waals surface area contributed by atoms with Gasteiger partial charge in [-0.15, -0.1) is 0 Å². The Morgan fingerprint density at radius 3 is 2.37 bits per heavy atom. The summed E-state index contributed by atoms with van der Waals surface area (Å²) in [4.78, 5) is 35.9. The van der Waals surface area contributed by atoms with E-state index in [9.17, 15) is 14.4 Å². The molecule has 0 aliphatic carbocycles. The van der Waals surface area contributed by atoms with E-state index in [1.54, 1.807) is 37.4 Å². The SMILES string of the molecule is CNc1ccc2cc(-c3ccc4oc(=O)c(C(C)=O)cc4c3)c(=O)oc2c1.